The van der Waals surface area contributed by atoms with Crippen molar-refractivity contribution in [2.75, 3.05) is 18.9 Å². The highest BCUT2D eigenvalue weighted by Gasteiger charge is 2.13. The molecule has 0 saturated heterocycles. The summed E-state index contributed by atoms with van der Waals surface area (Å²) in [4.78, 5) is 15.9. The largest absolute Gasteiger partial charge is 0.491 e. The molecule has 0 bridgehead atoms. The molecule has 0 atom stereocenters. The van der Waals surface area contributed by atoms with Crippen LogP contribution >= 0.6 is 0 Å². The van der Waals surface area contributed by atoms with Gasteiger partial charge in [-0.05, 0) is 58.9 Å². The molecule has 1 rings (SSSR count). The van der Waals surface area contributed by atoms with Gasteiger partial charge in [-0.3, -0.25) is 9.79 Å². The first kappa shape index (κ1) is 18.8. The van der Waals surface area contributed by atoms with Gasteiger partial charge < -0.3 is 20.7 Å². The lowest BCUT2D eigenvalue weighted by Crippen LogP contribution is -2.46. The van der Waals surface area contributed by atoms with Gasteiger partial charge in [-0.25, -0.2) is 0 Å². The Morgan fingerprint density at radius 3 is 2.30 bits per heavy atom. The van der Waals surface area contributed by atoms with Crippen LogP contribution in [-0.4, -0.2) is 37.1 Å². The second-order valence-electron chi connectivity index (χ2n) is 6.54. The standard InChI is InChI=1S/C17H28N4O2/c1-12(2)23-14-9-7-13(8-10-14)20-16(18-6)19-11-15(22)21-17(3,4)5/h7-10,12H,11H2,1-6H3,(H,21,22)(H2,18,19,20). The first-order chi connectivity index (χ1) is 10.7. The highest BCUT2D eigenvalue weighted by Crippen LogP contribution is 2.16. The number of nitrogens with zero attached hydrogens (tertiary/aromatic N) is 1. The van der Waals surface area contributed by atoms with Crippen molar-refractivity contribution >= 4 is 17.6 Å². The Kier molecular flexibility index (Phi) is 6.88. The molecule has 1 amide bonds. The van der Waals surface area contributed by atoms with Crippen LogP contribution in [0.15, 0.2) is 29.3 Å². The Morgan fingerprint density at radius 1 is 1.22 bits per heavy atom. The summed E-state index contributed by atoms with van der Waals surface area (Å²) in [6.07, 6.45) is 0.143. The summed E-state index contributed by atoms with van der Waals surface area (Å²) in [6, 6.07) is 7.59. The van der Waals surface area contributed by atoms with E-state index in [2.05, 4.69) is 20.9 Å². The molecule has 0 spiro atoms. The minimum absolute atomic E-state index is 0.0823. The number of nitrogens with one attached hydrogen (secondary N) is 3. The molecule has 23 heavy (non-hydrogen) atoms. The molecule has 0 heterocycles. The first-order valence-corrected chi connectivity index (χ1v) is 7.75. The quantitative estimate of drug-likeness (QED) is 0.575. The topological polar surface area (TPSA) is 74.8 Å². The molecule has 0 unspecified atom stereocenters. The van der Waals surface area contributed by atoms with Gasteiger partial charge in [0.25, 0.3) is 0 Å². The predicted octanol–water partition coefficient (Wildman–Crippen LogP) is 2.38. The Hall–Kier alpha value is -2.24. The van der Waals surface area contributed by atoms with E-state index in [1.165, 1.54) is 0 Å². The third kappa shape index (κ3) is 8.09. The Labute approximate surface area is 138 Å². The predicted molar refractivity (Wildman–Crippen MR) is 95.1 cm³/mol. The summed E-state index contributed by atoms with van der Waals surface area (Å²) < 4.78 is 5.60. The zero-order chi connectivity index (χ0) is 17.5. The fraction of sp³-hybridized carbons (Fsp3) is 0.529. The van der Waals surface area contributed by atoms with Crippen LogP contribution in [0.2, 0.25) is 0 Å². The van der Waals surface area contributed by atoms with E-state index >= 15 is 0 Å². The molecule has 128 valence electrons. The van der Waals surface area contributed by atoms with Crippen LogP contribution in [0.5, 0.6) is 5.75 Å². The van der Waals surface area contributed by atoms with Crippen molar-refractivity contribution in [1.29, 1.82) is 0 Å². The molecule has 0 aromatic heterocycles. The third-order valence-corrected chi connectivity index (χ3v) is 2.64. The van der Waals surface area contributed by atoms with Gasteiger partial charge >= 0.3 is 0 Å². The molecule has 1 aromatic rings. The fourth-order valence-corrected chi connectivity index (χ4v) is 1.83. The average Bonchev–Trinajstić information content (AvgIpc) is 2.42. The molecule has 0 aliphatic rings. The molecule has 6 nitrogen and oxygen atoms in total. The number of aliphatic imine (C=N–C) groups is 1. The van der Waals surface area contributed by atoms with E-state index in [1.807, 2.05) is 58.9 Å². The first-order valence-electron chi connectivity index (χ1n) is 7.75. The van der Waals surface area contributed by atoms with Crippen LogP contribution in [0.1, 0.15) is 34.6 Å². The van der Waals surface area contributed by atoms with Crippen LogP contribution < -0.4 is 20.7 Å². The summed E-state index contributed by atoms with van der Waals surface area (Å²) in [7, 11) is 1.66. The van der Waals surface area contributed by atoms with Gasteiger partial charge in [0.15, 0.2) is 5.96 Å². The van der Waals surface area contributed by atoms with Crippen molar-refractivity contribution in [2.45, 2.75) is 46.3 Å². The lowest BCUT2D eigenvalue weighted by atomic mass is 10.1. The maximum atomic E-state index is 11.8. The van der Waals surface area contributed by atoms with E-state index in [4.69, 9.17) is 4.74 Å². The fourth-order valence-electron chi connectivity index (χ4n) is 1.83. The molecule has 0 saturated carbocycles. The zero-order valence-corrected chi connectivity index (χ0v) is 14.9. The summed E-state index contributed by atoms with van der Waals surface area (Å²) in [5, 5.41) is 9.00. The van der Waals surface area contributed by atoms with E-state index in [1.54, 1.807) is 7.05 Å². The van der Waals surface area contributed by atoms with Gasteiger partial charge in [-0.1, -0.05) is 0 Å². The lowest BCUT2D eigenvalue weighted by molar-refractivity contribution is -0.121. The molecule has 6 heteroatoms. The number of benzene rings is 1. The van der Waals surface area contributed by atoms with Gasteiger partial charge in [-0.15, -0.1) is 0 Å². The van der Waals surface area contributed by atoms with E-state index in [9.17, 15) is 4.79 Å². The van der Waals surface area contributed by atoms with Crippen molar-refractivity contribution in [3.63, 3.8) is 0 Å². The van der Waals surface area contributed by atoms with Crippen molar-refractivity contribution in [3.05, 3.63) is 24.3 Å². The second-order valence-corrected chi connectivity index (χ2v) is 6.54. The normalized spacial score (nSPS) is 12.0. The summed E-state index contributed by atoms with van der Waals surface area (Å²) in [6.45, 7) is 9.96. The zero-order valence-electron chi connectivity index (χ0n) is 14.9. The molecule has 0 fully saturated rings. The Morgan fingerprint density at radius 2 is 1.83 bits per heavy atom. The Balaban J connectivity index is 2.52. The number of carbonyl (C=O) groups excluding carboxylic acids is 1. The highest BCUT2D eigenvalue weighted by atomic mass is 16.5. The number of rotatable bonds is 5. The monoisotopic (exact) mass is 320 g/mol. The van der Waals surface area contributed by atoms with E-state index < -0.39 is 0 Å². The molecular weight excluding hydrogens is 292 g/mol. The minimum atomic E-state index is -0.248. The molecule has 1 aromatic carbocycles. The highest BCUT2D eigenvalue weighted by molar-refractivity contribution is 5.95. The minimum Gasteiger partial charge on any atom is -0.491 e. The summed E-state index contributed by atoms with van der Waals surface area (Å²) >= 11 is 0. The lowest BCUT2D eigenvalue weighted by Gasteiger charge is -2.21. The molecule has 0 radical (unpaired) electrons. The van der Waals surface area contributed by atoms with Crippen LogP contribution in [0.4, 0.5) is 5.69 Å². The van der Waals surface area contributed by atoms with Gasteiger partial charge in [0.2, 0.25) is 5.91 Å². The number of amides is 1. The van der Waals surface area contributed by atoms with Gasteiger partial charge in [0.05, 0.1) is 12.6 Å². The van der Waals surface area contributed by atoms with Crippen LogP contribution in [0.3, 0.4) is 0 Å². The van der Waals surface area contributed by atoms with Crippen molar-refractivity contribution in [2.24, 2.45) is 4.99 Å². The van der Waals surface area contributed by atoms with Crippen molar-refractivity contribution in [3.8, 4) is 5.75 Å². The number of guanidine groups is 1. The van der Waals surface area contributed by atoms with Crippen LogP contribution in [0.25, 0.3) is 0 Å². The number of anilines is 1. The number of hydrogen-bond acceptors (Lipinski definition) is 3. The molecule has 0 aliphatic carbocycles. The summed E-state index contributed by atoms with van der Waals surface area (Å²) in [5.74, 6) is 1.27. The van der Waals surface area contributed by atoms with Crippen LogP contribution in [0, 0.1) is 0 Å². The number of ether oxygens (including phenoxy) is 1. The van der Waals surface area contributed by atoms with Crippen molar-refractivity contribution in [1.82, 2.24) is 10.6 Å². The molecule has 3 N–H and O–H groups in total. The Bertz CT molecular complexity index is 531. The maximum Gasteiger partial charge on any atom is 0.239 e. The molecule has 0 aliphatic heterocycles. The third-order valence-electron chi connectivity index (χ3n) is 2.64. The van der Waals surface area contributed by atoms with Crippen LogP contribution in [-0.2, 0) is 4.79 Å². The van der Waals surface area contributed by atoms with Gasteiger partial charge in [0.1, 0.15) is 5.75 Å². The second kappa shape index (κ2) is 8.41. The maximum absolute atomic E-state index is 11.8. The SMILES string of the molecule is CN=C(NCC(=O)NC(C)(C)C)Nc1ccc(OC(C)C)cc1. The molecular formula is C17H28N4O2. The smallest absolute Gasteiger partial charge is 0.239 e. The van der Waals surface area contributed by atoms with Gasteiger partial charge in [-0.2, -0.15) is 0 Å². The van der Waals surface area contributed by atoms with Gasteiger partial charge in [0, 0.05) is 18.3 Å². The number of carbonyl (C=O) groups is 1. The number of hydrogen-bond donors (Lipinski definition) is 3. The van der Waals surface area contributed by atoms with E-state index in [0.717, 1.165) is 11.4 Å². The van der Waals surface area contributed by atoms with E-state index in [0.29, 0.717) is 5.96 Å². The van der Waals surface area contributed by atoms with E-state index in [-0.39, 0.29) is 24.1 Å². The van der Waals surface area contributed by atoms with Crippen molar-refractivity contribution < 1.29 is 9.53 Å². The summed E-state index contributed by atoms with van der Waals surface area (Å²) in [5.41, 5.74) is 0.618. The average molecular weight is 320 g/mol.